The molecule has 0 aliphatic carbocycles. The van der Waals surface area contributed by atoms with Gasteiger partial charge in [-0.25, -0.2) is 4.57 Å². The highest BCUT2D eigenvalue weighted by molar-refractivity contribution is 5.13. The van der Waals surface area contributed by atoms with E-state index in [2.05, 4.69) is 0 Å². The van der Waals surface area contributed by atoms with Crippen LogP contribution in [0, 0.1) is 6.92 Å². The van der Waals surface area contributed by atoms with Crippen LogP contribution in [0.3, 0.4) is 0 Å². The highest BCUT2D eigenvalue weighted by Gasteiger charge is 2.03. The summed E-state index contributed by atoms with van der Waals surface area (Å²) in [5.74, 6) is 0. The molecule has 1 heterocycles. The quantitative estimate of drug-likeness (QED) is 0.634. The van der Waals surface area contributed by atoms with Crippen LogP contribution >= 0.6 is 0 Å². The molecule has 0 aromatic carbocycles. The Morgan fingerprint density at radius 2 is 2.00 bits per heavy atom. The van der Waals surface area contributed by atoms with E-state index in [4.69, 9.17) is 10.2 Å². The number of hydrogen-bond acceptors (Lipinski definition) is 2. The Morgan fingerprint density at radius 1 is 1.23 bits per heavy atom. The van der Waals surface area contributed by atoms with Crippen LogP contribution in [0.4, 0.5) is 0 Å². The lowest BCUT2D eigenvalue weighted by Gasteiger charge is -2.00. The summed E-state index contributed by atoms with van der Waals surface area (Å²) in [5, 5.41) is 17.5. The van der Waals surface area contributed by atoms with Gasteiger partial charge in [-0.05, 0) is 13.0 Å². The predicted octanol–water partition coefficient (Wildman–Crippen LogP) is -0.190. The molecule has 0 atom stereocenters. The van der Waals surface area contributed by atoms with Crippen molar-refractivity contribution in [2.75, 3.05) is 13.2 Å². The van der Waals surface area contributed by atoms with Crippen LogP contribution in [0.2, 0.25) is 0 Å². The number of hydrogen-bond donors (Lipinski definition) is 2. The highest BCUT2D eigenvalue weighted by Crippen LogP contribution is 2.00. The molecule has 1 aromatic rings. The van der Waals surface area contributed by atoms with Gasteiger partial charge < -0.3 is 10.2 Å². The zero-order valence-electron chi connectivity index (χ0n) is 7.90. The van der Waals surface area contributed by atoms with Gasteiger partial charge in [-0.2, -0.15) is 0 Å². The van der Waals surface area contributed by atoms with Crippen molar-refractivity contribution in [1.82, 2.24) is 0 Å². The molecular weight excluding hydrogens is 166 g/mol. The van der Waals surface area contributed by atoms with E-state index in [1.54, 1.807) is 0 Å². The van der Waals surface area contributed by atoms with Gasteiger partial charge in [0.05, 0.1) is 0 Å². The van der Waals surface area contributed by atoms with Crippen molar-refractivity contribution in [2.24, 2.45) is 0 Å². The predicted molar refractivity (Wildman–Crippen MR) is 49.2 cm³/mol. The molecule has 13 heavy (non-hydrogen) atoms. The van der Waals surface area contributed by atoms with E-state index in [0.717, 1.165) is 11.1 Å². The SMILES string of the molecule is Cc1cc(CCO)c[n+](CCO)c1. The van der Waals surface area contributed by atoms with Gasteiger partial charge >= 0.3 is 0 Å². The van der Waals surface area contributed by atoms with Crippen LogP contribution < -0.4 is 4.57 Å². The summed E-state index contributed by atoms with van der Waals surface area (Å²) in [6, 6.07) is 2.05. The Morgan fingerprint density at radius 3 is 2.62 bits per heavy atom. The number of aliphatic hydroxyl groups excluding tert-OH is 2. The molecule has 0 spiro atoms. The first-order valence-corrected chi connectivity index (χ1v) is 4.47. The van der Waals surface area contributed by atoms with Crippen LogP contribution in [0.1, 0.15) is 11.1 Å². The van der Waals surface area contributed by atoms with Gasteiger partial charge in [-0.3, -0.25) is 0 Å². The first kappa shape index (κ1) is 10.2. The molecule has 0 fully saturated rings. The first-order chi connectivity index (χ1) is 6.26. The zero-order valence-corrected chi connectivity index (χ0v) is 7.90. The molecule has 0 bridgehead atoms. The molecule has 1 rings (SSSR count). The van der Waals surface area contributed by atoms with Crippen molar-refractivity contribution in [3.63, 3.8) is 0 Å². The van der Waals surface area contributed by atoms with Gasteiger partial charge in [0.1, 0.15) is 6.61 Å². The van der Waals surface area contributed by atoms with Gasteiger partial charge in [0.15, 0.2) is 18.9 Å². The molecule has 3 heteroatoms. The van der Waals surface area contributed by atoms with Crippen LogP contribution in [0.15, 0.2) is 18.5 Å². The summed E-state index contributed by atoms with van der Waals surface area (Å²) in [4.78, 5) is 0. The smallest absolute Gasteiger partial charge is 0.172 e. The maximum Gasteiger partial charge on any atom is 0.172 e. The monoisotopic (exact) mass is 182 g/mol. The number of aliphatic hydroxyl groups is 2. The molecule has 0 saturated heterocycles. The Hall–Kier alpha value is -0.930. The fraction of sp³-hybridized carbons (Fsp3) is 0.500. The molecule has 0 saturated carbocycles. The van der Waals surface area contributed by atoms with Crippen molar-refractivity contribution < 1.29 is 14.8 Å². The summed E-state index contributed by atoms with van der Waals surface area (Å²) in [5.41, 5.74) is 2.26. The fourth-order valence-corrected chi connectivity index (χ4v) is 1.39. The van der Waals surface area contributed by atoms with Crippen molar-refractivity contribution >= 4 is 0 Å². The minimum absolute atomic E-state index is 0.146. The number of rotatable bonds is 4. The van der Waals surface area contributed by atoms with E-state index in [1.807, 2.05) is 30.0 Å². The van der Waals surface area contributed by atoms with Crippen LogP contribution in [-0.2, 0) is 13.0 Å². The Bertz CT molecular complexity index is 249. The minimum Gasteiger partial charge on any atom is -0.396 e. The third-order valence-electron chi connectivity index (χ3n) is 1.87. The van der Waals surface area contributed by atoms with Gasteiger partial charge in [0.2, 0.25) is 0 Å². The second-order valence-electron chi connectivity index (χ2n) is 3.16. The van der Waals surface area contributed by atoms with Gasteiger partial charge in [-0.15, -0.1) is 0 Å². The molecule has 1 aromatic heterocycles. The molecule has 72 valence electrons. The third kappa shape index (κ3) is 3.13. The minimum atomic E-state index is 0.146. The molecule has 0 aliphatic rings. The largest absolute Gasteiger partial charge is 0.396 e. The summed E-state index contributed by atoms with van der Waals surface area (Å²) in [6.07, 6.45) is 4.61. The molecule has 0 amide bonds. The summed E-state index contributed by atoms with van der Waals surface area (Å²) >= 11 is 0. The lowest BCUT2D eigenvalue weighted by atomic mass is 10.1. The second kappa shape index (κ2) is 4.94. The topological polar surface area (TPSA) is 44.3 Å². The van der Waals surface area contributed by atoms with E-state index in [0.29, 0.717) is 13.0 Å². The van der Waals surface area contributed by atoms with E-state index in [-0.39, 0.29) is 13.2 Å². The van der Waals surface area contributed by atoms with Crippen molar-refractivity contribution in [3.8, 4) is 0 Å². The van der Waals surface area contributed by atoms with Gasteiger partial charge in [0.25, 0.3) is 0 Å². The fourth-order valence-electron chi connectivity index (χ4n) is 1.39. The van der Waals surface area contributed by atoms with Crippen molar-refractivity contribution in [3.05, 3.63) is 29.6 Å². The number of nitrogens with zero attached hydrogens (tertiary/aromatic N) is 1. The lowest BCUT2D eigenvalue weighted by molar-refractivity contribution is -0.698. The average molecular weight is 182 g/mol. The zero-order chi connectivity index (χ0) is 9.68. The van der Waals surface area contributed by atoms with Gasteiger partial charge in [-0.1, -0.05) is 0 Å². The first-order valence-electron chi connectivity index (χ1n) is 4.47. The van der Waals surface area contributed by atoms with Crippen LogP contribution in [-0.4, -0.2) is 23.4 Å². The average Bonchev–Trinajstić information content (AvgIpc) is 2.04. The van der Waals surface area contributed by atoms with Crippen LogP contribution in [0.25, 0.3) is 0 Å². The van der Waals surface area contributed by atoms with E-state index in [9.17, 15) is 0 Å². The molecule has 0 aliphatic heterocycles. The highest BCUT2D eigenvalue weighted by atomic mass is 16.3. The molecule has 0 unspecified atom stereocenters. The molecule has 2 N–H and O–H groups in total. The van der Waals surface area contributed by atoms with E-state index < -0.39 is 0 Å². The van der Waals surface area contributed by atoms with Gasteiger partial charge in [0, 0.05) is 24.2 Å². The number of aryl methyl sites for hydroxylation is 1. The Kier molecular flexibility index (Phi) is 3.86. The van der Waals surface area contributed by atoms with E-state index in [1.165, 1.54) is 0 Å². The number of pyridine rings is 1. The van der Waals surface area contributed by atoms with Crippen LogP contribution in [0.5, 0.6) is 0 Å². The number of aromatic nitrogens is 1. The Labute approximate surface area is 78.3 Å². The van der Waals surface area contributed by atoms with E-state index >= 15 is 0 Å². The third-order valence-corrected chi connectivity index (χ3v) is 1.87. The Balaban J connectivity index is 2.83. The summed E-state index contributed by atoms with van der Waals surface area (Å²) < 4.78 is 1.94. The lowest BCUT2D eigenvalue weighted by Crippen LogP contribution is -2.35. The maximum absolute atomic E-state index is 8.77. The molecule has 3 nitrogen and oxygen atoms in total. The second-order valence-corrected chi connectivity index (χ2v) is 3.16. The van der Waals surface area contributed by atoms with Crippen molar-refractivity contribution in [1.29, 1.82) is 0 Å². The maximum atomic E-state index is 8.77. The summed E-state index contributed by atoms with van der Waals surface area (Å²) in [7, 11) is 0. The van der Waals surface area contributed by atoms with Crippen molar-refractivity contribution in [2.45, 2.75) is 19.9 Å². The standard InChI is InChI=1S/C10H16NO2/c1-9-6-10(2-4-12)8-11(7-9)3-5-13/h6-8,12-13H,2-5H2,1H3/q+1. The normalized spacial score (nSPS) is 10.4. The molecular formula is C10H16NO2+. The molecule has 0 radical (unpaired) electrons. The summed E-state index contributed by atoms with van der Waals surface area (Å²) in [6.45, 7) is 2.93.